The minimum Gasteiger partial charge on any atom is -0.483 e. The largest absolute Gasteiger partial charge is 0.483 e. The van der Waals surface area contributed by atoms with Crippen LogP contribution in [-0.4, -0.2) is 13.2 Å². The molecular formula is C6H6O3. The molecule has 0 atom stereocenters. The topological polar surface area (TPSA) is 31.6 Å². The lowest BCUT2D eigenvalue weighted by molar-refractivity contribution is 0.137. The molecular weight excluding hydrogens is 120 g/mol. The van der Waals surface area contributed by atoms with E-state index < -0.39 is 0 Å². The van der Waals surface area contributed by atoms with Gasteiger partial charge in [-0.25, -0.2) is 0 Å². The van der Waals surface area contributed by atoms with Crippen molar-refractivity contribution in [2.75, 3.05) is 13.2 Å². The molecule has 0 N–H and O–H groups in total. The number of fused-ring (bicyclic) bond motifs is 1. The first kappa shape index (κ1) is 4.73. The molecule has 0 aromatic carbocycles. The highest BCUT2D eigenvalue weighted by molar-refractivity contribution is 5.30. The Morgan fingerprint density at radius 1 is 1.22 bits per heavy atom. The van der Waals surface area contributed by atoms with Crippen molar-refractivity contribution < 1.29 is 13.9 Å². The fourth-order valence-corrected chi connectivity index (χ4v) is 0.782. The van der Waals surface area contributed by atoms with Gasteiger partial charge >= 0.3 is 5.95 Å². The second-order valence-electron chi connectivity index (χ2n) is 1.77. The SMILES string of the molecule is c1cc2c(o1)OCCO2. The smallest absolute Gasteiger partial charge is 0.328 e. The van der Waals surface area contributed by atoms with E-state index in [1.807, 2.05) is 0 Å². The zero-order valence-corrected chi connectivity index (χ0v) is 4.79. The molecule has 1 aromatic rings. The predicted octanol–water partition coefficient (Wildman–Crippen LogP) is 1.05. The van der Waals surface area contributed by atoms with Gasteiger partial charge in [-0.1, -0.05) is 0 Å². The van der Waals surface area contributed by atoms with Gasteiger partial charge in [-0.15, -0.1) is 0 Å². The van der Waals surface area contributed by atoms with Crippen LogP contribution in [-0.2, 0) is 0 Å². The lowest BCUT2D eigenvalue weighted by atomic mass is 10.5. The van der Waals surface area contributed by atoms with Gasteiger partial charge in [0, 0.05) is 6.07 Å². The Morgan fingerprint density at radius 2 is 2.11 bits per heavy atom. The summed E-state index contributed by atoms with van der Waals surface area (Å²) in [6.07, 6.45) is 1.55. The standard InChI is InChI=1S/C6H6O3/c1-2-8-6-5(1)7-3-4-9-6/h1-2H,3-4H2. The van der Waals surface area contributed by atoms with Crippen molar-refractivity contribution in [3.05, 3.63) is 12.3 Å². The monoisotopic (exact) mass is 126 g/mol. The summed E-state index contributed by atoms with van der Waals surface area (Å²) in [4.78, 5) is 0. The maximum atomic E-state index is 5.14. The maximum absolute atomic E-state index is 5.14. The predicted molar refractivity (Wildman–Crippen MR) is 29.7 cm³/mol. The van der Waals surface area contributed by atoms with Crippen molar-refractivity contribution in [3.8, 4) is 11.7 Å². The first-order chi connectivity index (χ1) is 4.47. The second kappa shape index (κ2) is 1.69. The van der Waals surface area contributed by atoms with Gasteiger partial charge in [0.2, 0.25) is 5.75 Å². The van der Waals surface area contributed by atoms with Crippen LogP contribution in [0.1, 0.15) is 0 Å². The van der Waals surface area contributed by atoms with E-state index in [9.17, 15) is 0 Å². The molecule has 0 fully saturated rings. The summed E-state index contributed by atoms with van der Waals surface area (Å²) >= 11 is 0. The average molecular weight is 126 g/mol. The number of ether oxygens (including phenoxy) is 2. The lowest BCUT2D eigenvalue weighted by Crippen LogP contribution is -2.13. The van der Waals surface area contributed by atoms with Crippen molar-refractivity contribution in [1.82, 2.24) is 0 Å². The third-order valence-corrected chi connectivity index (χ3v) is 1.17. The van der Waals surface area contributed by atoms with Crippen LogP contribution in [0, 0.1) is 0 Å². The third-order valence-electron chi connectivity index (χ3n) is 1.17. The van der Waals surface area contributed by atoms with Crippen molar-refractivity contribution in [2.45, 2.75) is 0 Å². The van der Waals surface area contributed by atoms with E-state index in [0.29, 0.717) is 24.9 Å². The minimum atomic E-state index is 0.501. The Kier molecular flexibility index (Phi) is 0.886. The van der Waals surface area contributed by atoms with Gasteiger partial charge in [-0.05, 0) is 0 Å². The molecule has 0 bridgehead atoms. The average Bonchev–Trinajstić information content (AvgIpc) is 2.33. The van der Waals surface area contributed by atoms with Gasteiger partial charge in [0.1, 0.15) is 13.2 Å². The summed E-state index contributed by atoms with van der Waals surface area (Å²) in [6, 6.07) is 1.74. The molecule has 1 aromatic heterocycles. The number of furan rings is 1. The van der Waals surface area contributed by atoms with E-state index in [1.165, 1.54) is 0 Å². The van der Waals surface area contributed by atoms with Crippen molar-refractivity contribution >= 4 is 0 Å². The zero-order valence-electron chi connectivity index (χ0n) is 4.79. The minimum absolute atomic E-state index is 0.501. The lowest BCUT2D eigenvalue weighted by Gasteiger charge is -2.11. The van der Waals surface area contributed by atoms with Gasteiger partial charge in [0.05, 0.1) is 6.26 Å². The van der Waals surface area contributed by atoms with Crippen LogP contribution in [0.15, 0.2) is 16.7 Å². The van der Waals surface area contributed by atoms with Crippen LogP contribution in [0.2, 0.25) is 0 Å². The van der Waals surface area contributed by atoms with Crippen LogP contribution in [0.4, 0.5) is 0 Å². The van der Waals surface area contributed by atoms with Gasteiger partial charge in [0.15, 0.2) is 0 Å². The fraction of sp³-hybridized carbons (Fsp3) is 0.333. The first-order valence-corrected chi connectivity index (χ1v) is 2.80. The summed E-state index contributed by atoms with van der Waals surface area (Å²) < 4.78 is 15.1. The van der Waals surface area contributed by atoms with Crippen molar-refractivity contribution in [3.63, 3.8) is 0 Å². The third kappa shape index (κ3) is 0.650. The molecule has 0 radical (unpaired) electrons. The number of rotatable bonds is 0. The van der Waals surface area contributed by atoms with Gasteiger partial charge in [0.25, 0.3) is 0 Å². The highest BCUT2D eigenvalue weighted by Crippen LogP contribution is 2.30. The molecule has 0 saturated carbocycles. The van der Waals surface area contributed by atoms with Crippen molar-refractivity contribution in [2.24, 2.45) is 0 Å². The Bertz CT molecular complexity index is 183. The molecule has 9 heavy (non-hydrogen) atoms. The molecule has 0 amide bonds. The van der Waals surface area contributed by atoms with E-state index in [-0.39, 0.29) is 0 Å². The molecule has 0 unspecified atom stereocenters. The highest BCUT2D eigenvalue weighted by atomic mass is 16.6. The fourth-order valence-electron chi connectivity index (χ4n) is 0.782. The van der Waals surface area contributed by atoms with Crippen LogP contribution in [0.3, 0.4) is 0 Å². The Morgan fingerprint density at radius 3 is 3.00 bits per heavy atom. The summed E-state index contributed by atoms with van der Waals surface area (Å²) in [5, 5.41) is 0. The van der Waals surface area contributed by atoms with Crippen LogP contribution in [0.5, 0.6) is 11.7 Å². The normalized spacial score (nSPS) is 15.6. The quantitative estimate of drug-likeness (QED) is 0.520. The Hall–Kier alpha value is -1.12. The van der Waals surface area contributed by atoms with E-state index in [1.54, 1.807) is 12.3 Å². The number of hydrogen-bond donors (Lipinski definition) is 0. The summed E-state index contributed by atoms with van der Waals surface area (Å²) in [7, 11) is 0. The Balaban J connectivity index is 2.39. The molecule has 0 aliphatic carbocycles. The van der Waals surface area contributed by atoms with Crippen LogP contribution < -0.4 is 9.47 Å². The molecule has 3 nitrogen and oxygen atoms in total. The molecule has 2 heterocycles. The summed E-state index contributed by atoms with van der Waals surface area (Å²) in [5.74, 6) is 1.21. The van der Waals surface area contributed by atoms with E-state index >= 15 is 0 Å². The van der Waals surface area contributed by atoms with Crippen LogP contribution in [0.25, 0.3) is 0 Å². The first-order valence-electron chi connectivity index (χ1n) is 2.80. The molecule has 1 aliphatic rings. The van der Waals surface area contributed by atoms with Gasteiger partial charge < -0.3 is 13.9 Å². The van der Waals surface area contributed by atoms with E-state index in [4.69, 9.17) is 13.9 Å². The van der Waals surface area contributed by atoms with Gasteiger partial charge in [-0.2, -0.15) is 0 Å². The molecule has 0 spiro atoms. The van der Waals surface area contributed by atoms with Crippen molar-refractivity contribution in [1.29, 1.82) is 0 Å². The molecule has 48 valence electrons. The summed E-state index contributed by atoms with van der Waals surface area (Å²) in [5.41, 5.74) is 0. The van der Waals surface area contributed by atoms with E-state index in [0.717, 1.165) is 0 Å². The Labute approximate surface area is 52.2 Å². The highest BCUT2D eigenvalue weighted by Gasteiger charge is 2.12. The second-order valence-corrected chi connectivity index (χ2v) is 1.77. The van der Waals surface area contributed by atoms with Gasteiger partial charge in [-0.3, -0.25) is 0 Å². The van der Waals surface area contributed by atoms with Crippen LogP contribution >= 0.6 is 0 Å². The summed E-state index contributed by atoms with van der Waals surface area (Å²) in [6.45, 7) is 1.20. The molecule has 1 aliphatic heterocycles. The molecule has 2 rings (SSSR count). The number of hydrogen-bond acceptors (Lipinski definition) is 3. The van der Waals surface area contributed by atoms with E-state index in [2.05, 4.69) is 0 Å². The molecule has 0 saturated heterocycles. The molecule has 3 heteroatoms. The zero-order chi connectivity index (χ0) is 6.10. The maximum Gasteiger partial charge on any atom is 0.328 e.